The van der Waals surface area contributed by atoms with Gasteiger partial charge in [0.05, 0.1) is 6.61 Å². The lowest BCUT2D eigenvalue weighted by Crippen LogP contribution is -2.10. The second kappa shape index (κ2) is 4.89. The van der Waals surface area contributed by atoms with E-state index in [1.165, 1.54) is 0 Å². The molecule has 0 aliphatic rings. The third kappa shape index (κ3) is 2.21. The van der Waals surface area contributed by atoms with E-state index in [9.17, 15) is 4.79 Å². The topological polar surface area (TPSA) is 68.1 Å². The lowest BCUT2D eigenvalue weighted by molar-refractivity contribution is 0.0519. The Hall–Kier alpha value is -1.33. The lowest BCUT2D eigenvalue weighted by Gasteiger charge is -2.01. The van der Waals surface area contributed by atoms with Gasteiger partial charge in [0, 0.05) is 27.5 Å². The van der Waals surface area contributed by atoms with Gasteiger partial charge in [-0.2, -0.15) is 0 Å². The molecule has 0 atom stereocenters. The van der Waals surface area contributed by atoms with E-state index in [1.54, 1.807) is 6.92 Å². The molecule has 0 amide bonds. The maximum absolute atomic E-state index is 11.8. The number of halogens is 1. The van der Waals surface area contributed by atoms with Gasteiger partial charge in [0.15, 0.2) is 0 Å². The van der Waals surface area contributed by atoms with E-state index in [2.05, 4.69) is 20.9 Å². The molecule has 0 aliphatic heterocycles. The number of nitrogens with two attached hydrogens (primary N) is 1. The smallest absolute Gasteiger partial charge is 0.355 e. The number of carbonyl (C=O) groups is 1. The Morgan fingerprint density at radius 3 is 2.94 bits per heavy atom. The number of esters is 1. The molecular weight excluding hydrogens is 284 g/mol. The molecule has 2 rings (SSSR count). The van der Waals surface area contributed by atoms with Crippen LogP contribution in [0.5, 0.6) is 0 Å². The maximum atomic E-state index is 11.8. The monoisotopic (exact) mass is 296 g/mol. The molecule has 90 valence electrons. The number of nitrogens with one attached hydrogen (secondary N) is 1. The summed E-state index contributed by atoms with van der Waals surface area (Å²) in [5.74, 6) is -0.361. The number of fused-ring (bicyclic) bond motifs is 1. The van der Waals surface area contributed by atoms with E-state index >= 15 is 0 Å². The molecule has 0 aliphatic carbocycles. The molecule has 3 N–H and O–H groups in total. The molecule has 4 nitrogen and oxygen atoms in total. The van der Waals surface area contributed by atoms with E-state index in [0.29, 0.717) is 18.8 Å². The molecule has 1 heterocycles. The highest BCUT2D eigenvalue weighted by molar-refractivity contribution is 9.10. The third-order valence-corrected chi connectivity index (χ3v) is 3.05. The molecule has 0 spiro atoms. The molecule has 5 heteroatoms. The summed E-state index contributed by atoms with van der Waals surface area (Å²) in [6, 6.07) is 5.76. The quantitative estimate of drug-likeness (QED) is 0.856. The number of rotatable bonds is 3. The molecule has 1 aromatic heterocycles. The Bertz CT molecular complexity index is 563. The van der Waals surface area contributed by atoms with Crippen LogP contribution in [-0.4, -0.2) is 17.6 Å². The second-order valence-electron chi connectivity index (χ2n) is 3.59. The number of aromatic amines is 1. The van der Waals surface area contributed by atoms with Crippen LogP contribution in [0, 0.1) is 0 Å². The summed E-state index contributed by atoms with van der Waals surface area (Å²) in [4.78, 5) is 14.8. The number of H-pyrrole nitrogens is 1. The Kier molecular flexibility index (Phi) is 3.49. The molecule has 2 aromatic rings. The van der Waals surface area contributed by atoms with Crippen molar-refractivity contribution in [2.75, 3.05) is 6.61 Å². The van der Waals surface area contributed by atoms with Crippen LogP contribution in [0.3, 0.4) is 0 Å². The normalized spacial score (nSPS) is 10.8. The first-order chi connectivity index (χ1) is 8.17. The maximum Gasteiger partial charge on any atom is 0.355 e. The predicted molar refractivity (Wildman–Crippen MR) is 69.8 cm³/mol. The summed E-state index contributed by atoms with van der Waals surface area (Å²) in [6.07, 6.45) is 0. The number of carbonyl (C=O) groups excluding carboxylic acids is 1. The lowest BCUT2D eigenvalue weighted by atomic mass is 10.1. The van der Waals surface area contributed by atoms with Crippen LogP contribution in [0.2, 0.25) is 0 Å². The summed E-state index contributed by atoms with van der Waals surface area (Å²) in [6.45, 7) is 2.42. The minimum absolute atomic E-state index is 0.296. The third-order valence-electron chi connectivity index (χ3n) is 2.55. The number of hydrogen-bond donors (Lipinski definition) is 2. The van der Waals surface area contributed by atoms with E-state index in [0.717, 1.165) is 20.9 Å². The fourth-order valence-electron chi connectivity index (χ4n) is 1.81. The Balaban J connectivity index is 2.60. The molecule has 0 unspecified atom stereocenters. The van der Waals surface area contributed by atoms with Crippen molar-refractivity contribution in [1.29, 1.82) is 0 Å². The summed E-state index contributed by atoms with van der Waals surface area (Å²) in [5.41, 5.74) is 7.83. The molecule has 0 saturated heterocycles. The summed E-state index contributed by atoms with van der Waals surface area (Å²) in [7, 11) is 0. The highest BCUT2D eigenvalue weighted by atomic mass is 79.9. The van der Waals surface area contributed by atoms with Crippen LogP contribution >= 0.6 is 15.9 Å². The molecule has 0 fully saturated rings. The SMILES string of the molecule is CCOC(=O)c1[nH]c2ccc(Br)cc2c1CN. The first-order valence-corrected chi connectivity index (χ1v) is 6.14. The van der Waals surface area contributed by atoms with Gasteiger partial charge in [-0.1, -0.05) is 15.9 Å². The van der Waals surface area contributed by atoms with Crippen molar-refractivity contribution in [3.05, 3.63) is 33.9 Å². The van der Waals surface area contributed by atoms with Crippen molar-refractivity contribution in [2.45, 2.75) is 13.5 Å². The molecule has 17 heavy (non-hydrogen) atoms. The molecule has 1 aromatic carbocycles. The average Bonchev–Trinajstić information content (AvgIpc) is 2.67. The fourth-order valence-corrected chi connectivity index (χ4v) is 2.17. The van der Waals surface area contributed by atoms with E-state index in [1.807, 2.05) is 18.2 Å². The molecule has 0 bridgehead atoms. The number of benzene rings is 1. The van der Waals surface area contributed by atoms with E-state index in [-0.39, 0.29) is 5.97 Å². The zero-order valence-electron chi connectivity index (χ0n) is 9.42. The van der Waals surface area contributed by atoms with Gasteiger partial charge in [-0.25, -0.2) is 4.79 Å². The zero-order valence-corrected chi connectivity index (χ0v) is 11.0. The van der Waals surface area contributed by atoms with Crippen molar-refractivity contribution in [3.63, 3.8) is 0 Å². The molecule has 0 radical (unpaired) electrons. The van der Waals surface area contributed by atoms with Gasteiger partial charge in [-0.05, 0) is 25.1 Å². The van der Waals surface area contributed by atoms with Crippen LogP contribution in [0.1, 0.15) is 23.0 Å². The fraction of sp³-hybridized carbons (Fsp3) is 0.250. The van der Waals surface area contributed by atoms with Crippen molar-refractivity contribution in [3.8, 4) is 0 Å². The van der Waals surface area contributed by atoms with Crippen LogP contribution in [0.25, 0.3) is 10.9 Å². The number of ether oxygens (including phenoxy) is 1. The van der Waals surface area contributed by atoms with E-state index in [4.69, 9.17) is 10.5 Å². The highest BCUT2D eigenvalue weighted by Gasteiger charge is 2.17. The Labute approximate surface area is 107 Å². The van der Waals surface area contributed by atoms with Gasteiger partial charge in [0.2, 0.25) is 0 Å². The van der Waals surface area contributed by atoms with E-state index < -0.39 is 0 Å². The van der Waals surface area contributed by atoms with Gasteiger partial charge in [0.1, 0.15) is 5.69 Å². The van der Waals surface area contributed by atoms with Crippen LogP contribution in [-0.2, 0) is 11.3 Å². The van der Waals surface area contributed by atoms with Crippen LogP contribution < -0.4 is 5.73 Å². The minimum Gasteiger partial charge on any atom is -0.461 e. The largest absolute Gasteiger partial charge is 0.461 e. The number of aromatic nitrogens is 1. The van der Waals surface area contributed by atoms with Gasteiger partial charge in [0.25, 0.3) is 0 Å². The van der Waals surface area contributed by atoms with Gasteiger partial charge < -0.3 is 15.5 Å². The van der Waals surface area contributed by atoms with Crippen LogP contribution in [0.4, 0.5) is 0 Å². The Morgan fingerprint density at radius 2 is 2.29 bits per heavy atom. The predicted octanol–water partition coefficient (Wildman–Crippen LogP) is 2.57. The standard InChI is InChI=1S/C12H13BrN2O2/c1-2-17-12(16)11-9(6-14)8-5-7(13)3-4-10(8)15-11/h3-5,15H,2,6,14H2,1H3. The molecule has 0 saturated carbocycles. The summed E-state index contributed by atoms with van der Waals surface area (Å²) >= 11 is 3.40. The Morgan fingerprint density at radius 1 is 1.53 bits per heavy atom. The van der Waals surface area contributed by atoms with Crippen molar-refractivity contribution in [1.82, 2.24) is 4.98 Å². The first-order valence-electron chi connectivity index (χ1n) is 5.34. The molecular formula is C12H13BrN2O2. The summed E-state index contributed by atoms with van der Waals surface area (Å²) < 4.78 is 5.95. The highest BCUT2D eigenvalue weighted by Crippen LogP contribution is 2.26. The van der Waals surface area contributed by atoms with Crippen molar-refractivity contribution in [2.24, 2.45) is 5.73 Å². The van der Waals surface area contributed by atoms with Gasteiger partial charge in [-0.3, -0.25) is 0 Å². The minimum atomic E-state index is -0.361. The van der Waals surface area contributed by atoms with Crippen molar-refractivity contribution < 1.29 is 9.53 Å². The van der Waals surface area contributed by atoms with Gasteiger partial charge >= 0.3 is 5.97 Å². The summed E-state index contributed by atoms with van der Waals surface area (Å²) in [5, 5.41) is 0.949. The average molecular weight is 297 g/mol. The number of hydrogen-bond acceptors (Lipinski definition) is 3. The van der Waals surface area contributed by atoms with Crippen molar-refractivity contribution >= 4 is 32.8 Å². The van der Waals surface area contributed by atoms with Crippen LogP contribution in [0.15, 0.2) is 22.7 Å². The van der Waals surface area contributed by atoms with Gasteiger partial charge in [-0.15, -0.1) is 0 Å². The zero-order chi connectivity index (χ0) is 12.4. The first kappa shape index (κ1) is 12.1. The second-order valence-corrected chi connectivity index (χ2v) is 4.51.